The first kappa shape index (κ1) is 18.0. The van der Waals surface area contributed by atoms with E-state index in [1.54, 1.807) is 0 Å². The van der Waals surface area contributed by atoms with Crippen LogP contribution in [-0.2, 0) is 9.59 Å². The van der Waals surface area contributed by atoms with Crippen LogP contribution in [-0.4, -0.2) is 12.7 Å². The van der Waals surface area contributed by atoms with Gasteiger partial charge in [-0.3, -0.25) is 4.79 Å². The van der Waals surface area contributed by atoms with E-state index in [9.17, 15) is 4.79 Å². The van der Waals surface area contributed by atoms with Gasteiger partial charge >= 0.3 is 0 Å². The maximum Gasteiger partial charge on any atom is 0.220 e. The average molecular weight is 189 g/mol. The third-order valence-corrected chi connectivity index (χ3v) is 1.73. The molecule has 1 atom stereocenters. The van der Waals surface area contributed by atoms with Gasteiger partial charge in [0.1, 0.15) is 6.79 Å². The number of carbonyl (C=O) groups excluding carboxylic acids is 2. The third kappa shape index (κ3) is 11.1. The van der Waals surface area contributed by atoms with E-state index in [1.807, 2.05) is 48.3 Å². The molecule has 0 saturated heterocycles. The Morgan fingerprint density at radius 2 is 1.46 bits per heavy atom. The molecule has 0 aromatic heterocycles. The van der Waals surface area contributed by atoms with Gasteiger partial charge < -0.3 is 10.5 Å². The van der Waals surface area contributed by atoms with Gasteiger partial charge in [0.2, 0.25) is 5.91 Å². The fourth-order valence-electron chi connectivity index (χ4n) is 0.427. The van der Waals surface area contributed by atoms with E-state index in [4.69, 9.17) is 10.5 Å². The zero-order valence-corrected chi connectivity index (χ0v) is 9.68. The van der Waals surface area contributed by atoms with Crippen LogP contribution in [0.15, 0.2) is 0 Å². The minimum atomic E-state index is -0.220. The Hall–Kier alpha value is -0.860. The van der Waals surface area contributed by atoms with Crippen molar-refractivity contribution in [2.24, 2.45) is 17.1 Å². The molecule has 3 nitrogen and oxygen atoms in total. The molecule has 1 amide bonds. The predicted octanol–water partition coefficient (Wildman–Crippen LogP) is 2.00. The second-order valence-corrected chi connectivity index (χ2v) is 3.49. The first-order chi connectivity index (χ1) is 5.85. The summed E-state index contributed by atoms with van der Waals surface area (Å²) in [6.45, 7) is 13.9. The van der Waals surface area contributed by atoms with Gasteiger partial charge in [0.05, 0.1) is 0 Å². The third-order valence-electron chi connectivity index (χ3n) is 1.73. The smallest absolute Gasteiger partial charge is 0.220 e. The Morgan fingerprint density at radius 1 is 1.23 bits per heavy atom. The molecule has 0 saturated carbocycles. The number of hydrogen-bond donors (Lipinski definition) is 1. The molecule has 1 unspecified atom stereocenters. The summed E-state index contributed by atoms with van der Waals surface area (Å²) in [6.07, 6.45) is 0. The van der Waals surface area contributed by atoms with Gasteiger partial charge in [-0.2, -0.15) is 0 Å². The summed E-state index contributed by atoms with van der Waals surface area (Å²) in [6, 6.07) is 0. The number of nitrogens with two attached hydrogens (primary N) is 1. The number of rotatable bonds is 1. The highest BCUT2D eigenvalue weighted by Gasteiger charge is 2.24. The van der Waals surface area contributed by atoms with E-state index in [1.165, 1.54) is 0 Å². The lowest BCUT2D eigenvalue weighted by Crippen LogP contribution is -2.31. The summed E-state index contributed by atoms with van der Waals surface area (Å²) < 4.78 is 0. The summed E-state index contributed by atoms with van der Waals surface area (Å²) >= 11 is 0. The number of primary amides is 1. The van der Waals surface area contributed by atoms with E-state index >= 15 is 0 Å². The monoisotopic (exact) mass is 189 g/mol. The Bertz CT molecular complexity index is 127. The summed E-state index contributed by atoms with van der Waals surface area (Å²) in [4.78, 5) is 18.6. The Labute approximate surface area is 81.7 Å². The number of carbonyl (C=O) groups is 2. The van der Waals surface area contributed by atoms with Crippen LogP contribution in [0.1, 0.15) is 41.5 Å². The molecule has 80 valence electrons. The van der Waals surface area contributed by atoms with E-state index in [2.05, 4.69) is 0 Å². The van der Waals surface area contributed by atoms with Crippen molar-refractivity contribution in [2.45, 2.75) is 41.5 Å². The second kappa shape index (κ2) is 9.23. The molecule has 13 heavy (non-hydrogen) atoms. The molecule has 0 aromatic rings. The van der Waals surface area contributed by atoms with Crippen molar-refractivity contribution in [3.8, 4) is 0 Å². The van der Waals surface area contributed by atoms with Gasteiger partial charge in [0.15, 0.2) is 0 Å². The van der Waals surface area contributed by atoms with Crippen LogP contribution in [0.3, 0.4) is 0 Å². The molecule has 0 aliphatic rings. The van der Waals surface area contributed by atoms with Crippen LogP contribution in [0.4, 0.5) is 0 Å². The largest absolute Gasteiger partial charge is 0.369 e. The van der Waals surface area contributed by atoms with Crippen LogP contribution in [0.2, 0.25) is 0 Å². The van der Waals surface area contributed by atoms with Crippen LogP contribution >= 0.6 is 0 Å². The van der Waals surface area contributed by atoms with Crippen molar-refractivity contribution < 1.29 is 9.59 Å². The lowest BCUT2D eigenvalue weighted by Gasteiger charge is -2.23. The summed E-state index contributed by atoms with van der Waals surface area (Å²) in [5.41, 5.74) is 5.09. The minimum absolute atomic E-state index is 0.00579. The molecule has 0 aliphatic heterocycles. The molecule has 3 heteroatoms. The molecular formula is C10H23NO2. The molecule has 2 N–H and O–H groups in total. The van der Waals surface area contributed by atoms with Gasteiger partial charge in [-0.05, 0) is 5.41 Å². The zero-order valence-electron chi connectivity index (χ0n) is 9.68. The van der Waals surface area contributed by atoms with Crippen LogP contribution in [0.25, 0.3) is 0 Å². The summed E-state index contributed by atoms with van der Waals surface area (Å²) in [7, 11) is 0. The molecule has 0 heterocycles. The van der Waals surface area contributed by atoms with Crippen LogP contribution in [0.5, 0.6) is 0 Å². The van der Waals surface area contributed by atoms with E-state index < -0.39 is 0 Å². The Kier molecular flexibility index (Phi) is 12.8. The molecule has 0 spiro atoms. The van der Waals surface area contributed by atoms with Crippen LogP contribution < -0.4 is 5.73 Å². The highest BCUT2D eigenvalue weighted by molar-refractivity contribution is 5.76. The van der Waals surface area contributed by atoms with Crippen LogP contribution in [0, 0.1) is 11.3 Å². The first-order valence-corrected chi connectivity index (χ1v) is 4.44. The fourth-order valence-corrected chi connectivity index (χ4v) is 0.427. The van der Waals surface area contributed by atoms with Crippen molar-refractivity contribution in [1.29, 1.82) is 0 Å². The molecular weight excluding hydrogens is 166 g/mol. The standard InChI is InChI=1S/C7H15NO.C2H6.CH2O/c1-5(6(8)9)7(2,3)4;2*1-2/h5H,1-4H3,(H2,8,9);1-2H3;1H2. The molecule has 0 bridgehead atoms. The number of hydrogen-bond acceptors (Lipinski definition) is 2. The quantitative estimate of drug-likeness (QED) is 0.685. The van der Waals surface area contributed by atoms with Gasteiger partial charge in [-0.1, -0.05) is 41.5 Å². The van der Waals surface area contributed by atoms with Gasteiger partial charge in [0, 0.05) is 5.92 Å². The van der Waals surface area contributed by atoms with Crippen molar-refractivity contribution in [3.05, 3.63) is 0 Å². The van der Waals surface area contributed by atoms with E-state index in [0.717, 1.165) is 0 Å². The summed E-state index contributed by atoms with van der Waals surface area (Å²) in [5.74, 6) is -0.264. The molecule has 0 fully saturated rings. The topological polar surface area (TPSA) is 60.2 Å². The Balaban J connectivity index is -0.000000218. The van der Waals surface area contributed by atoms with Crippen molar-refractivity contribution >= 4 is 12.7 Å². The van der Waals surface area contributed by atoms with Crippen molar-refractivity contribution in [3.63, 3.8) is 0 Å². The maximum atomic E-state index is 10.6. The highest BCUT2D eigenvalue weighted by atomic mass is 16.1. The second-order valence-electron chi connectivity index (χ2n) is 3.49. The predicted molar refractivity (Wildman–Crippen MR) is 56.3 cm³/mol. The lowest BCUT2D eigenvalue weighted by molar-refractivity contribution is -0.124. The van der Waals surface area contributed by atoms with Gasteiger partial charge in [-0.25, -0.2) is 0 Å². The lowest BCUT2D eigenvalue weighted by atomic mass is 9.82. The van der Waals surface area contributed by atoms with Gasteiger partial charge in [-0.15, -0.1) is 0 Å². The highest BCUT2D eigenvalue weighted by Crippen LogP contribution is 2.24. The van der Waals surface area contributed by atoms with Gasteiger partial charge in [0.25, 0.3) is 0 Å². The fraction of sp³-hybridized carbons (Fsp3) is 0.800. The average Bonchev–Trinajstić information content (AvgIpc) is 2.08. The van der Waals surface area contributed by atoms with Crippen molar-refractivity contribution in [1.82, 2.24) is 0 Å². The first-order valence-electron chi connectivity index (χ1n) is 4.44. The summed E-state index contributed by atoms with van der Waals surface area (Å²) in [5, 5.41) is 0. The maximum absolute atomic E-state index is 10.6. The molecule has 0 rings (SSSR count). The zero-order chi connectivity index (χ0) is 11.7. The SMILES string of the molecule is C=O.CC.CC(C(N)=O)C(C)(C)C. The minimum Gasteiger partial charge on any atom is -0.369 e. The van der Waals surface area contributed by atoms with Crippen molar-refractivity contribution in [2.75, 3.05) is 0 Å². The van der Waals surface area contributed by atoms with E-state index in [-0.39, 0.29) is 17.2 Å². The Morgan fingerprint density at radius 3 is 1.46 bits per heavy atom. The molecule has 0 aliphatic carbocycles. The molecule has 0 radical (unpaired) electrons. The number of amides is 1. The molecule has 0 aromatic carbocycles. The normalized spacial score (nSPS) is 11.2. The van der Waals surface area contributed by atoms with E-state index in [0.29, 0.717) is 0 Å².